The Kier molecular flexibility index (Phi) is 3.14. The van der Waals surface area contributed by atoms with Crippen molar-refractivity contribution >= 4 is 24.2 Å². The number of pyridine rings is 1. The maximum atomic E-state index is 9.09. The van der Waals surface area contributed by atoms with Gasteiger partial charge in [-0.2, -0.15) is 0 Å². The van der Waals surface area contributed by atoms with E-state index in [9.17, 15) is 0 Å². The lowest BCUT2D eigenvalue weighted by molar-refractivity contribution is 0.289. The third-order valence-corrected chi connectivity index (χ3v) is 2.48. The molecule has 0 aliphatic heterocycles. The lowest BCUT2D eigenvalue weighted by Gasteiger charge is -2.09. The minimum absolute atomic E-state index is 0.211. The van der Waals surface area contributed by atoms with E-state index < -0.39 is 7.12 Å². The highest BCUT2D eigenvalue weighted by atomic mass is 35.5. The molecule has 0 saturated heterocycles. The molecule has 15 heavy (non-hydrogen) atoms. The second-order valence-corrected chi connectivity index (χ2v) is 4.11. The van der Waals surface area contributed by atoms with Gasteiger partial charge in [0.25, 0.3) is 0 Å². The van der Waals surface area contributed by atoms with Gasteiger partial charge in [0.05, 0.1) is 11.6 Å². The van der Waals surface area contributed by atoms with Crippen LogP contribution in [0.4, 0.5) is 0 Å². The lowest BCUT2D eigenvalue weighted by Crippen LogP contribution is -2.32. The third kappa shape index (κ3) is 2.84. The topological polar surface area (TPSA) is 62.6 Å². The molecule has 80 valence electrons. The van der Waals surface area contributed by atoms with Crippen LogP contribution in [0.2, 0.25) is 5.02 Å². The molecule has 0 spiro atoms. The smallest absolute Gasteiger partial charge is 0.478 e. The number of hydrogen-bond acceptors (Lipinski definition) is 4. The zero-order chi connectivity index (χ0) is 10.8. The van der Waals surface area contributed by atoms with Gasteiger partial charge in [-0.3, -0.25) is 0 Å². The Morgan fingerprint density at radius 2 is 2.27 bits per heavy atom. The fraction of sp³-hybridized carbons (Fsp3) is 0.444. The fourth-order valence-corrected chi connectivity index (χ4v) is 1.40. The Morgan fingerprint density at radius 3 is 2.87 bits per heavy atom. The summed E-state index contributed by atoms with van der Waals surface area (Å²) in [5, 5.41) is 18.5. The quantitative estimate of drug-likeness (QED) is 0.722. The van der Waals surface area contributed by atoms with Gasteiger partial charge in [-0.15, -0.1) is 0 Å². The molecule has 1 aromatic rings. The van der Waals surface area contributed by atoms with Gasteiger partial charge in [0, 0.05) is 11.7 Å². The van der Waals surface area contributed by atoms with Gasteiger partial charge in [-0.1, -0.05) is 11.6 Å². The summed E-state index contributed by atoms with van der Waals surface area (Å²) in [5.41, 5.74) is 0.211. The number of aromatic nitrogens is 1. The predicted molar refractivity (Wildman–Crippen MR) is 57.3 cm³/mol. The Bertz CT molecular complexity index is 357. The Morgan fingerprint density at radius 1 is 1.53 bits per heavy atom. The van der Waals surface area contributed by atoms with E-state index in [1.165, 1.54) is 25.1 Å². The van der Waals surface area contributed by atoms with Crippen LogP contribution < -0.4 is 10.2 Å². The number of hydrogen-bond donors (Lipinski definition) is 2. The summed E-state index contributed by atoms with van der Waals surface area (Å²) in [6, 6.07) is 1.45. The van der Waals surface area contributed by atoms with Crippen LogP contribution in [0, 0.1) is 5.92 Å². The van der Waals surface area contributed by atoms with E-state index in [0.29, 0.717) is 17.5 Å². The van der Waals surface area contributed by atoms with Gasteiger partial charge >= 0.3 is 7.12 Å². The molecule has 0 aromatic carbocycles. The first kappa shape index (κ1) is 10.7. The molecule has 1 aliphatic carbocycles. The van der Waals surface area contributed by atoms with Crippen LogP contribution in [0.1, 0.15) is 12.8 Å². The van der Waals surface area contributed by atoms with Gasteiger partial charge in [-0.25, -0.2) is 4.98 Å². The largest absolute Gasteiger partial charge is 0.494 e. The van der Waals surface area contributed by atoms with Crippen molar-refractivity contribution in [1.29, 1.82) is 0 Å². The van der Waals surface area contributed by atoms with Crippen LogP contribution >= 0.6 is 11.6 Å². The van der Waals surface area contributed by atoms with Crippen LogP contribution in [-0.4, -0.2) is 28.8 Å². The van der Waals surface area contributed by atoms with E-state index in [1.807, 2.05) is 0 Å². The average Bonchev–Trinajstić information content (AvgIpc) is 2.99. The monoisotopic (exact) mass is 227 g/mol. The number of rotatable bonds is 4. The van der Waals surface area contributed by atoms with Crippen LogP contribution in [0.5, 0.6) is 5.88 Å². The summed E-state index contributed by atoms with van der Waals surface area (Å²) in [6.45, 7) is 0.578. The highest BCUT2D eigenvalue weighted by Gasteiger charge is 2.24. The van der Waals surface area contributed by atoms with Crippen molar-refractivity contribution in [2.24, 2.45) is 5.92 Å². The maximum absolute atomic E-state index is 9.09. The van der Waals surface area contributed by atoms with Crippen LogP contribution in [-0.2, 0) is 0 Å². The van der Waals surface area contributed by atoms with Gasteiger partial charge < -0.3 is 14.8 Å². The van der Waals surface area contributed by atoms with Gasteiger partial charge in [0.2, 0.25) is 5.88 Å². The first-order chi connectivity index (χ1) is 7.16. The molecular weight excluding hydrogens is 216 g/mol. The average molecular weight is 227 g/mol. The van der Waals surface area contributed by atoms with E-state index in [-0.39, 0.29) is 11.3 Å². The molecule has 0 unspecified atom stereocenters. The normalized spacial score (nSPS) is 15.1. The molecule has 4 nitrogen and oxygen atoms in total. The van der Waals surface area contributed by atoms with E-state index in [4.69, 9.17) is 26.4 Å². The zero-order valence-corrected chi connectivity index (χ0v) is 8.81. The van der Waals surface area contributed by atoms with Crippen molar-refractivity contribution in [3.8, 4) is 5.88 Å². The molecule has 1 heterocycles. The highest BCUT2D eigenvalue weighted by Crippen LogP contribution is 2.29. The summed E-state index contributed by atoms with van der Waals surface area (Å²) < 4.78 is 5.39. The molecule has 0 atom stereocenters. The minimum atomic E-state index is -1.61. The second-order valence-electron chi connectivity index (χ2n) is 3.68. The summed E-state index contributed by atoms with van der Waals surface area (Å²) in [6.07, 6.45) is 3.77. The van der Waals surface area contributed by atoms with Crippen molar-refractivity contribution in [3.63, 3.8) is 0 Å². The van der Waals surface area contributed by atoms with Gasteiger partial charge in [0.1, 0.15) is 0 Å². The first-order valence-electron chi connectivity index (χ1n) is 4.81. The third-order valence-electron chi connectivity index (χ3n) is 2.28. The van der Waals surface area contributed by atoms with Gasteiger partial charge in [-0.05, 0) is 24.8 Å². The molecule has 1 aliphatic rings. The number of halogens is 1. The number of nitrogens with zero attached hydrogens (tertiary/aromatic N) is 1. The molecule has 0 radical (unpaired) electrons. The van der Waals surface area contributed by atoms with Crippen molar-refractivity contribution in [2.75, 3.05) is 6.61 Å². The highest BCUT2D eigenvalue weighted by molar-refractivity contribution is 6.60. The van der Waals surface area contributed by atoms with Crippen LogP contribution in [0.25, 0.3) is 0 Å². The van der Waals surface area contributed by atoms with Crippen LogP contribution in [0.15, 0.2) is 12.3 Å². The summed E-state index contributed by atoms with van der Waals surface area (Å²) in [4.78, 5) is 3.93. The zero-order valence-electron chi connectivity index (χ0n) is 8.06. The molecule has 0 amide bonds. The number of ether oxygens (including phenoxy) is 1. The first-order valence-corrected chi connectivity index (χ1v) is 5.19. The predicted octanol–water partition coefficient (Wildman–Crippen LogP) is 0.204. The summed E-state index contributed by atoms with van der Waals surface area (Å²) in [5.74, 6) is 0.840. The molecule has 6 heteroatoms. The van der Waals surface area contributed by atoms with Crippen LogP contribution in [0.3, 0.4) is 0 Å². The lowest BCUT2D eigenvalue weighted by atomic mass is 9.81. The van der Waals surface area contributed by atoms with E-state index in [2.05, 4.69) is 4.98 Å². The Hall–Kier alpha value is -0.775. The van der Waals surface area contributed by atoms with Crippen molar-refractivity contribution in [3.05, 3.63) is 17.3 Å². The maximum Gasteiger partial charge on any atom is 0.494 e. The Balaban J connectivity index is 2.12. The standard InChI is InChI=1S/C9H11BClNO3/c11-7-3-8(10(13)14)9(12-4-7)15-5-6-1-2-6/h3-4,6,13-14H,1-2,5H2. The fourth-order valence-electron chi connectivity index (χ4n) is 1.23. The van der Waals surface area contributed by atoms with Crippen molar-refractivity contribution in [1.82, 2.24) is 4.98 Å². The van der Waals surface area contributed by atoms with Crippen molar-refractivity contribution < 1.29 is 14.8 Å². The Labute approximate surface area is 93.0 Å². The summed E-state index contributed by atoms with van der Waals surface area (Å²) >= 11 is 5.70. The SMILES string of the molecule is OB(O)c1cc(Cl)cnc1OCC1CC1. The molecule has 2 rings (SSSR count). The summed E-state index contributed by atoms with van der Waals surface area (Å²) in [7, 11) is -1.61. The van der Waals surface area contributed by atoms with Gasteiger partial charge in [0.15, 0.2) is 0 Å². The molecular formula is C9H11BClNO3. The van der Waals surface area contributed by atoms with E-state index in [0.717, 1.165) is 0 Å². The molecule has 0 bridgehead atoms. The molecule has 1 saturated carbocycles. The van der Waals surface area contributed by atoms with Crippen molar-refractivity contribution in [2.45, 2.75) is 12.8 Å². The van der Waals surface area contributed by atoms with E-state index >= 15 is 0 Å². The second kappa shape index (κ2) is 4.39. The molecule has 1 fully saturated rings. The molecule has 2 N–H and O–H groups in total. The molecule has 1 aromatic heterocycles. The minimum Gasteiger partial charge on any atom is -0.478 e. The van der Waals surface area contributed by atoms with E-state index in [1.54, 1.807) is 0 Å².